The van der Waals surface area contributed by atoms with Gasteiger partial charge in [0.05, 0.1) is 12.4 Å². The van der Waals surface area contributed by atoms with E-state index in [0.717, 1.165) is 42.4 Å². The van der Waals surface area contributed by atoms with Gasteiger partial charge < -0.3 is 19.7 Å². The number of nitrogens with zero attached hydrogens (tertiary/aromatic N) is 4. The molecule has 0 spiro atoms. The number of nitrogens with one attached hydrogen (secondary N) is 1. The third-order valence-electron chi connectivity index (χ3n) is 5.89. The number of Topliss-reactive ketones (excluding diaryl/α,β-unsaturated/α-hetero) is 1. The summed E-state index contributed by atoms with van der Waals surface area (Å²) in [6.45, 7) is 1.33. The van der Waals surface area contributed by atoms with E-state index in [2.05, 4.69) is 24.8 Å². The molecule has 31 heavy (non-hydrogen) atoms. The number of imidazole rings is 1. The maximum atomic E-state index is 12.7. The van der Waals surface area contributed by atoms with Crippen molar-refractivity contribution < 1.29 is 19.4 Å². The van der Waals surface area contributed by atoms with Crippen LogP contribution in [-0.2, 0) is 11.2 Å². The summed E-state index contributed by atoms with van der Waals surface area (Å²) in [6, 6.07) is 5.52. The van der Waals surface area contributed by atoms with Crippen LogP contribution < -0.4 is 9.64 Å². The lowest BCUT2D eigenvalue weighted by molar-refractivity contribution is -0.131. The molecule has 3 heterocycles. The molecule has 9 heteroatoms. The van der Waals surface area contributed by atoms with Crippen LogP contribution >= 0.6 is 0 Å². The molecular weight excluding hydrogens is 398 g/mol. The van der Waals surface area contributed by atoms with Crippen molar-refractivity contribution in [2.24, 2.45) is 0 Å². The molecule has 0 amide bonds. The summed E-state index contributed by atoms with van der Waals surface area (Å²) in [5.41, 5.74) is 3.14. The number of rotatable bonds is 5. The van der Waals surface area contributed by atoms with Crippen molar-refractivity contribution in [1.82, 2.24) is 19.9 Å². The smallest absolute Gasteiger partial charge is 0.328 e. The molecule has 2 aliphatic rings. The Morgan fingerprint density at radius 2 is 2.19 bits per heavy atom. The van der Waals surface area contributed by atoms with Gasteiger partial charge >= 0.3 is 5.97 Å². The summed E-state index contributed by atoms with van der Waals surface area (Å²) in [7, 11) is 0. The van der Waals surface area contributed by atoms with Crippen LogP contribution in [0, 0.1) is 0 Å². The van der Waals surface area contributed by atoms with Crippen molar-refractivity contribution >= 4 is 28.7 Å². The highest BCUT2D eigenvalue weighted by molar-refractivity contribution is 6.13. The predicted octanol–water partition coefficient (Wildman–Crippen LogP) is 2.54. The fraction of sp³-hybridized carbons (Fsp3) is 0.318. The Morgan fingerprint density at radius 3 is 3.06 bits per heavy atom. The van der Waals surface area contributed by atoms with Gasteiger partial charge in [0.2, 0.25) is 0 Å². The predicted molar refractivity (Wildman–Crippen MR) is 112 cm³/mol. The molecule has 0 bridgehead atoms. The first-order valence-electron chi connectivity index (χ1n) is 10.3. The van der Waals surface area contributed by atoms with Crippen molar-refractivity contribution in [1.29, 1.82) is 0 Å². The average Bonchev–Trinajstić information content (AvgIpc) is 3.43. The number of H-pyrrole nitrogens is 1. The number of aromatic amines is 1. The largest absolute Gasteiger partial charge is 0.491 e. The van der Waals surface area contributed by atoms with Gasteiger partial charge in [-0.3, -0.25) is 4.79 Å². The quantitative estimate of drug-likeness (QED) is 0.605. The number of carboxylic acid groups (broad SMARTS) is 1. The normalized spacial score (nSPS) is 19.7. The fourth-order valence-electron chi connectivity index (χ4n) is 4.45. The number of ether oxygens (including phenoxy) is 1. The van der Waals surface area contributed by atoms with Gasteiger partial charge in [0.1, 0.15) is 24.2 Å². The Balaban J connectivity index is 1.36. The summed E-state index contributed by atoms with van der Waals surface area (Å²) >= 11 is 0. The van der Waals surface area contributed by atoms with Crippen molar-refractivity contribution in [3.8, 4) is 5.75 Å². The number of aromatic nitrogens is 4. The van der Waals surface area contributed by atoms with Crippen LogP contribution in [0.5, 0.6) is 5.75 Å². The number of anilines is 1. The minimum absolute atomic E-state index is 0.138. The van der Waals surface area contributed by atoms with E-state index >= 15 is 0 Å². The van der Waals surface area contributed by atoms with E-state index in [9.17, 15) is 9.59 Å². The summed E-state index contributed by atoms with van der Waals surface area (Å²) in [5.74, 6) is 0.166. The number of hydrogen-bond acceptors (Lipinski definition) is 7. The first-order chi connectivity index (χ1) is 15.1. The highest BCUT2D eigenvalue weighted by Crippen LogP contribution is 2.33. The van der Waals surface area contributed by atoms with Crippen LogP contribution in [0.25, 0.3) is 11.2 Å². The van der Waals surface area contributed by atoms with E-state index < -0.39 is 5.97 Å². The molecule has 0 unspecified atom stereocenters. The molecule has 1 aliphatic heterocycles. The molecular formula is C22H21N5O4. The van der Waals surface area contributed by atoms with Crippen LogP contribution in [0.4, 0.5) is 5.82 Å². The van der Waals surface area contributed by atoms with Gasteiger partial charge in [0, 0.05) is 29.3 Å². The monoisotopic (exact) mass is 419 g/mol. The lowest BCUT2D eigenvalue weighted by atomic mass is 9.86. The summed E-state index contributed by atoms with van der Waals surface area (Å²) in [6.07, 6.45) is 7.12. The molecule has 158 valence electrons. The molecule has 1 aliphatic carbocycles. The number of aliphatic carboxylic acids is 1. The Hall–Kier alpha value is -3.75. The van der Waals surface area contributed by atoms with E-state index in [1.165, 1.54) is 6.33 Å². The van der Waals surface area contributed by atoms with Crippen LogP contribution in [0.3, 0.4) is 0 Å². The third kappa shape index (κ3) is 3.52. The van der Waals surface area contributed by atoms with Gasteiger partial charge in [0.25, 0.3) is 0 Å². The number of ketones is 1. The number of hydrogen-bond donors (Lipinski definition) is 2. The van der Waals surface area contributed by atoms with Gasteiger partial charge in [0.15, 0.2) is 17.2 Å². The van der Waals surface area contributed by atoms with Gasteiger partial charge in [-0.05, 0) is 31.7 Å². The topological polar surface area (TPSA) is 121 Å². The minimum Gasteiger partial charge on any atom is -0.491 e. The summed E-state index contributed by atoms with van der Waals surface area (Å²) in [5, 5.41) is 8.99. The molecule has 2 N–H and O–H groups in total. The zero-order valence-corrected chi connectivity index (χ0v) is 16.7. The molecule has 9 nitrogen and oxygen atoms in total. The van der Waals surface area contributed by atoms with Gasteiger partial charge in [-0.2, -0.15) is 0 Å². The lowest BCUT2D eigenvalue weighted by Crippen LogP contribution is -2.35. The molecule has 0 radical (unpaired) electrons. The van der Waals surface area contributed by atoms with Crippen LogP contribution in [0.1, 0.15) is 35.2 Å². The second-order valence-electron chi connectivity index (χ2n) is 7.72. The highest BCUT2D eigenvalue weighted by Gasteiger charge is 2.30. The van der Waals surface area contributed by atoms with Gasteiger partial charge in [-0.1, -0.05) is 12.1 Å². The molecule has 1 aromatic carbocycles. The van der Waals surface area contributed by atoms with E-state index in [-0.39, 0.29) is 11.8 Å². The van der Waals surface area contributed by atoms with Crippen molar-refractivity contribution in [2.75, 3.05) is 18.1 Å². The molecule has 3 aromatic rings. The first-order valence-corrected chi connectivity index (χ1v) is 10.3. The number of carbonyl (C=O) groups is 2. The van der Waals surface area contributed by atoms with Crippen LogP contribution in [0.2, 0.25) is 0 Å². The molecule has 5 rings (SSSR count). The highest BCUT2D eigenvalue weighted by atomic mass is 16.5. The van der Waals surface area contributed by atoms with E-state index in [4.69, 9.17) is 9.84 Å². The van der Waals surface area contributed by atoms with E-state index in [1.807, 2.05) is 6.07 Å². The Kier molecular flexibility index (Phi) is 4.85. The average molecular weight is 419 g/mol. The fourth-order valence-corrected chi connectivity index (χ4v) is 4.45. The summed E-state index contributed by atoms with van der Waals surface area (Å²) < 4.78 is 6.20. The maximum Gasteiger partial charge on any atom is 0.328 e. The SMILES string of the molecule is O=C(O)C=C1CCc2c(OC[C@H]3CCCN3c3ncnc4nc[nH]c34)cccc2C1=O. The van der Waals surface area contributed by atoms with Gasteiger partial charge in [-0.25, -0.2) is 19.7 Å². The molecule has 1 atom stereocenters. The minimum atomic E-state index is -1.10. The number of allylic oxidation sites excluding steroid dienone is 1. The van der Waals surface area contributed by atoms with Gasteiger partial charge in [-0.15, -0.1) is 0 Å². The Morgan fingerprint density at radius 1 is 1.29 bits per heavy atom. The number of benzene rings is 1. The second kappa shape index (κ2) is 7.82. The zero-order valence-electron chi connectivity index (χ0n) is 16.7. The molecule has 2 aromatic heterocycles. The zero-order chi connectivity index (χ0) is 21.4. The Bertz CT molecular complexity index is 1200. The molecule has 1 saturated heterocycles. The number of carboxylic acids is 1. The maximum absolute atomic E-state index is 12.7. The van der Waals surface area contributed by atoms with Crippen molar-refractivity contribution in [3.05, 3.63) is 53.6 Å². The lowest BCUT2D eigenvalue weighted by Gasteiger charge is -2.27. The number of carbonyl (C=O) groups excluding carboxylic acids is 1. The van der Waals surface area contributed by atoms with E-state index in [0.29, 0.717) is 42.0 Å². The Labute approximate surface area is 177 Å². The molecule has 1 fully saturated rings. The standard InChI is InChI=1S/C22H21N5O4/c28-18(29)9-13-6-7-15-16(20(13)30)4-1-5-17(15)31-10-14-3-2-8-27(14)22-19-21(24-11-23-19)25-12-26-22/h1,4-5,9,11-12,14H,2-3,6-8,10H2,(H,28,29)(H,23,24,25,26)/t14-/m1/s1. The number of fused-ring (bicyclic) bond motifs is 2. The molecule has 0 saturated carbocycles. The third-order valence-corrected chi connectivity index (χ3v) is 5.89. The van der Waals surface area contributed by atoms with Crippen molar-refractivity contribution in [2.45, 2.75) is 31.7 Å². The van der Waals surface area contributed by atoms with Crippen LogP contribution in [0.15, 0.2) is 42.5 Å². The van der Waals surface area contributed by atoms with E-state index in [1.54, 1.807) is 18.5 Å². The van der Waals surface area contributed by atoms with Crippen LogP contribution in [-0.4, -0.2) is 56.0 Å². The van der Waals surface area contributed by atoms with Crippen molar-refractivity contribution in [3.63, 3.8) is 0 Å². The summed E-state index contributed by atoms with van der Waals surface area (Å²) in [4.78, 5) is 41.9. The first kappa shape index (κ1) is 19.2. The second-order valence-corrected chi connectivity index (χ2v) is 7.72.